The van der Waals surface area contributed by atoms with Gasteiger partial charge in [0.15, 0.2) is 0 Å². The first kappa shape index (κ1) is 25.4. The molecule has 0 saturated heterocycles. The highest BCUT2D eigenvalue weighted by Gasteiger charge is 2.51. The lowest BCUT2D eigenvalue weighted by atomic mass is 9.70. The van der Waals surface area contributed by atoms with Gasteiger partial charge in [-0.2, -0.15) is 0 Å². The molecule has 0 saturated carbocycles. The van der Waals surface area contributed by atoms with Gasteiger partial charge in [0, 0.05) is 5.56 Å². The van der Waals surface area contributed by atoms with Gasteiger partial charge in [-0.25, -0.2) is 9.97 Å². The molecule has 0 aliphatic heterocycles. The number of hydrogen-bond acceptors (Lipinski definition) is 2. The number of benzene rings is 5. The molecule has 2 heterocycles. The Labute approximate surface area is 264 Å². The third-order valence-electron chi connectivity index (χ3n) is 9.20. The first-order valence-corrected chi connectivity index (χ1v) is 15.7. The predicted molar refractivity (Wildman–Crippen MR) is 182 cm³/mol. The third kappa shape index (κ3) is 3.60. The molecule has 0 N–H and O–H groups in total. The summed E-state index contributed by atoms with van der Waals surface area (Å²) >= 11 is 3.56. The van der Waals surface area contributed by atoms with Gasteiger partial charge in [0.2, 0.25) is 0 Å². The van der Waals surface area contributed by atoms with E-state index in [0.29, 0.717) is 0 Å². The Morgan fingerprint density at radius 3 is 1.57 bits per heavy atom. The molecule has 0 atom stereocenters. The number of pyridine rings is 2. The van der Waals surface area contributed by atoms with Crippen molar-refractivity contribution in [3.8, 4) is 56.0 Å². The van der Waals surface area contributed by atoms with Crippen molar-refractivity contribution >= 4 is 15.9 Å². The average Bonchev–Trinajstić information content (AvgIpc) is 3.56. The molecule has 0 unspecified atom stereocenters. The van der Waals surface area contributed by atoms with Crippen LogP contribution in [0.2, 0.25) is 0 Å². The molecule has 2 aromatic heterocycles. The van der Waals surface area contributed by atoms with E-state index in [4.69, 9.17) is 9.97 Å². The van der Waals surface area contributed by atoms with Crippen LogP contribution in [0, 0.1) is 0 Å². The Kier molecular flexibility index (Phi) is 5.60. The minimum Gasteiger partial charge on any atom is -0.246 e. The van der Waals surface area contributed by atoms with Crippen molar-refractivity contribution in [2.45, 2.75) is 5.41 Å². The summed E-state index contributed by atoms with van der Waals surface area (Å²) in [5.41, 5.74) is 16.2. The van der Waals surface area contributed by atoms with Gasteiger partial charge in [0.1, 0.15) is 4.60 Å². The smallest absolute Gasteiger partial charge is 0.106 e. The molecular weight excluding hydrogens is 600 g/mol. The largest absolute Gasteiger partial charge is 0.246 e. The van der Waals surface area contributed by atoms with E-state index in [0.717, 1.165) is 38.4 Å². The number of nitrogens with zero attached hydrogens (tertiary/aromatic N) is 2. The van der Waals surface area contributed by atoms with Crippen LogP contribution in [0.5, 0.6) is 0 Å². The van der Waals surface area contributed by atoms with Crippen molar-refractivity contribution in [2.75, 3.05) is 0 Å². The molecule has 2 aliphatic carbocycles. The topological polar surface area (TPSA) is 25.8 Å². The monoisotopic (exact) mass is 624 g/mol. The van der Waals surface area contributed by atoms with Crippen molar-refractivity contribution in [2.24, 2.45) is 0 Å². The molecule has 2 nitrogen and oxygen atoms in total. The summed E-state index contributed by atoms with van der Waals surface area (Å²) in [6.45, 7) is 0. The molecule has 206 valence electrons. The maximum absolute atomic E-state index is 5.09. The fraction of sp³-hybridized carbons (Fsp3) is 0.0244. The summed E-state index contributed by atoms with van der Waals surface area (Å²) in [5.74, 6) is 0. The van der Waals surface area contributed by atoms with Crippen LogP contribution in [-0.4, -0.2) is 9.97 Å². The molecule has 0 amide bonds. The van der Waals surface area contributed by atoms with Crippen LogP contribution in [0.15, 0.2) is 156 Å². The maximum Gasteiger partial charge on any atom is 0.106 e. The molecule has 44 heavy (non-hydrogen) atoms. The van der Waals surface area contributed by atoms with E-state index in [-0.39, 0.29) is 5.41 Å². The van der Waals surface area contributed by atoms with E-state index in [1.807, 2.05) is 24.3 Å². The molecule has 7 aromatic rings. The predicted octanol–water partition coefficient (Wildman–Crippen LogP) is 10.6. The zero-order valence-electron chi connectivity index (χ0n) is 23.7. The van der Waals surface area contributed by atoms with E-state index >= 15 is 0 Å². The fourth-order valence-corrected chi connectivity index (χ4v) is 7.75. The number of aromatic nitrogens is 2. The number of fused-ring (bicyclic) bond motifs is 10. The zero-order chi connectivity index (χ0) is 29.3. The first-order chi connectivity index (χ1) is 21.7. The number of rotatable bonds is 3. The van der Waals surface area contributed by atoms with Gasteiger partial charge in [0.25, 0.3) is 0 Å². The lowest BCUT2D eigenvalue weighted by molar-refractivity contribution is 0.794. The summed E-state index contributed by atoms with van der Waals surface area (Å²) in [7, 11) is 0. The molecule has 9 rings (SSSR count). The van der Waals surface area contributed by atoms with Crippen LogP contribution in [-0.2, 0) is 5.41 Å². The minimum atomic E-state index is -0.376. The van der Waals surface area contributed by atoms with Gasteiger partial charge in [-0.05, 0) is 102 Å². The highest BCUT2D eigenvalue weighted by Crippen LogP contribution is 2.63. The van der Waals surface area contributed by atoms with Crippen LogP contribution in [0.4, 0.5) is 0 Å². The molecule has 2 aliphatic rings. The van der Waals surface area contributed by atoms with Gasteiger partial charge < -0.3 is 0 Å². The highest BCUT2D eigenvalue weighted by molar-refractivity contribution is 9.10. The standard InChI is InChI=1S/C41H25BrN2/c42-40-20-10-19-37(44-40)39-25-28(24-38(43-39)26-11-2-1-3-12-26)27-21-22-32-31-15-6-9-18-35(31)41(36(32)23-27)33-16-7-4-13-29(33)30-14-5-8-17-34(30)41/h1-25H. The Morgan fingerprint density at radius 1 is 0.364 bits per heavy atom. The van der Waals surface area contributed by atoms with Gasteiger partial charge in [-0.3, -0.25) is 0 Å². The molecule has 1 spiro atoms. The lowest BCUT2D eigenvalue weighted by Crippen LogP contribution is -2.25. The average molecular weight is 626 g/mol. The molecule has 5 aromatic carbocycles. The summed E-state index contributed by atoms with van der Waals surface area (Å²) in [6.07, 6.45) is 0. The molecular formula is C41H25BrN2. The molecule has 0 fully saturated rings. The molecule has 0 radical (unpaired) electrons. The van der Waals surface area contributed by atoms with Crippen LogP contribution in [0.3, 0.4) is 0 Å². The van der Waals surface area contributed by atoms with Crippen molar-refractivity contribution in [3.05, 3.63) is 179 Å². The second kappa shape index (κ2) is 9.70. The zero-order valence-corrected chi connectivity index (χ0v) is 25.3. The van der Waals surface area contributed by atoms with Crippen LogP contribution >= 0.6 is 15.9 Å². The van der Waals surface area contributed by atoms with E-state index in [2.05, 4.69) is 143 Å². The van der Waals surface area contributed by atoms with E-state index in [1.165, 1.54) is 44.5 Å². The number of halogens is 1. The second-order valence-corrected chi connectivity index (χ2v) is 12.3. The minimum absolute atomic E-state index is 0.376. The summed E-state index contributed by atoms with van der Waals surface area (Å²) < 4.78 is 0.791. The maximum atomic E-state index is 5.09. The molecule has 3 heteroatoms. The van der Waals surface area contributed by atoms with Crippen LogP contribution in [0.25, 0.3) is 56.0 Å². The normalized spacial score (nSPS) is 13.3. The number of hydrogen-bond donors (Lipinski definition) is 0. The van der Waals surface area contributed by atoms with Gasteiger partial charge in [-0.15, -0.1) is 0 Å². The van der Waals surface area contributed by atoms with Crippen molar-refractivity contribution < 1.29 is 0 Å². The van der Waals surface area contributed by atoms with E-state index in [1.54, 1.807) is 0 Å². The fourth-order valence-electron chi connectivity index (χ4n) is 7.41. The quantitative estimate of drug-likeness (QED) is 0.183. The van der Waals surface area contributed by atoms with Gasteiger partial charge >= 0.3 is 0 Å². The first-order valence-electron chi connectivity index (χ1n) is 14.9. The van der Waals surface area contributed by atoms with Gasteiger partial charge in [0.05, 0.1) is 22.5 Å². The summed E-state index contributed by atoms with van der Waals surface area (Å²) in [5, 5.41) is 0. The molecule has 0 bridgehead atoms. The summed E-state index contributed by atoms with van der Waals surface area (Å²) in [6, 6.07) is 54.6. The van der Waals surface area contributed by atoms with Crippen molar-refractivity contribution in [3.63, 3.8) is 0 Å². The lowest BCUT2D eigenvalue weighted by Gasteiger charge is -2.30. The Bertz CT molecular complexity index is 2190. The van der Waals surface area contributed by atoms with E-state index in [9.17, 15) is 0 Å². The second-order valence-electron chi connectivity index (χ2n) is 11.5. The van der Waals surface area contributed by atoms with Gasteiger partial charge in [-0.1, -0.05) is 121 Å². The van der Waals surface area contributed by atoms with Crippen molar-refractivity contribution in [1.29, 1.82) is 0 Å². The third-order valence-corrected chi connectivity index (χ3v) is 9.64. The van der Waals surface area contributed by atoms with Crippen LogP contribution < -0.4 is 0 Å². The van der Waals surface area contributed by atoms with E-state index < -0.39 is 0 Å². The summed E-state index contributed by atoms with van der Waals surface area (Å²) in [4.78, 5) is 9.85. The Morgan fingerprint density at radius 2 is 0.932 bits per heavy atom. The Hall–Kier alpha value is -5.12. The van der Waals surface area contributed by atoms with Crippen LogP contribution in [0.1, 0.15) is 22.3 Å². The van der Waals surface area contributed by atoms with Crippen molar-refractivity contribution in [1.82, 2.24) is 9.97 Å². The Balaban J connectivity index is 1.32. The highest BCUT2D eigenvalue weighted by atomic mass is 79.9. The SMILES string of the molecule is Brc1cccc(-c2cc(-c3ccc4c(c3)C3(c5ccccc5-c5ccccc53)c3ccccc3-4)cc(-c3ccccc3)n2)n1.